The van der Waals surface area contributed by atoms with E-state index in [9.17, 15) is 24.6 Å². The van der Waals surface area contributed by atoms with E-state index in [1.54, 1.807) is 26.0 Å². The first kappa shape index (κ1) is 25.2. The van der Waals surface area contributed by atoms with Gasteiger partial charge in [-0.2, -0.15) is 0 Å². The number of benzene rings is 2. The molecule has 0 atom stereocenters. The van der Waals surface area contributed by atoms with Crippen LogP contribution < -0.4 is 11.3 Å². The summed E-state index contributed by atoms with van der Waals surface area (Å²) in [5.41, 5.74) is 0.403. The van der Waals surface area contributed by atoms with E-state index in [1.807, 2.05) is 39.8 Å². The van der Waals surface area contributed by atoms with E-state index >= 15 is 0 Å². The number of carbonyl (C=O) groups is 1. The first-order valence-electron chi connectivity index (χ1n) is 12.0. The number of aromatic hydroxyl groups is 2. The Balaban J connectivity index is 2.17. The quantitative estimate of drug-likeness (QED) is 0.335. The summed E-state index contributed by atoms with van der Waals surface area (Å²) < 4.78 is 11.2. The molecule has 4 aromatic rings. The molecular formula is C29H30O7. The Morgan fingerprint density at radius 3 is 1.39 bits per heavy atom. The van der Waals surface area contributed by atoms with E-state index in [-0.39, 0.29) is 23.0 Å². The Labute approximate surface area is 208 Å². The summed E-state index contributed by atoms with van der Waals surface area (Å²) in [7, 11) is 0. The SMILES string of the molecule is CC(=O)C(c1c(O)c2c(C(C)C)ccc(C)c2oc1=O)c1c(O)c2c(C(C)C)ccc(C)c2oc1=O. The van der Waals surface area contributed by atoms with Crippen LogP contribution in [0.25, 0.3) is 21.9 Å². The third-order valence-corrected chi connectivity index (χ3v) is 6.81. The summed E-state index contributed by atoms with van der Waals surface area (Å²) in [5, 5.41) is 23.4. The fourth-order valence-electron chi connectivity index (χ4n) is 4.94. The van der Waals surface area contributed by atoms with Crippen LogP contribution in [0.4, 0.5) is 0 Å². The lowest BCUT2D eigenvalue weighted by Crippen LogP contribution is -2.25. The highest BCUT2D eigenvalue weighted by atomic mass is 16.4. The fourth-order valence-corrected chi connectivity index (χ4v) is 4.94. The van der Waals surface area contributed by atoms with Gasteiger partial charge in [-0.3, -0.25) is 4.79 Å². The molecule has 0 bridgehead atoms. The van der Waals surface area contributed by atoms with Crippen LogP contribution in [0.15, 0.2) is 42.7 Å². The summed E-state index contributed by atoms with van der Waals surface area (Å²) in [5.74, 6) is -3.18. The molecule has 0 saturated carbocycles. The van der Waals surface area contributed by atoms with Crippen molar-refractivity contribution in [1.82, 2.24) is 0 Å². The van der Waals surface area contributed by atoms with Gasteiger partial charge in [0.05, 0.1) is 27.8 Å². The molecule has 0 aliphatic heterocycles. The highest BCUT2D eigenvalue weighted by molar-refractivity contribution is 5.97. The lowest BCUT2D eigenvalue weighted by atomic mass is 9.85. The Kier molecular flexibility index (Phi) is 6.29. The highest BCUT2D eigenvalue weighted by Crippen LogP contribution is 2.43. The summed E-state index contributed by atoms with van der Waals surface area (Å²) in [4.78, 5) is 39.5. The van der Waals surface area contributed by atoms with Crippen molar-refractivity contribution in [1.29, 1.82) is 0 Å². The van der Waals surface area contributed by atoms with Gasteiger partial charge >= 0.3 is 11.3 Å². The molecule has 188 valence electrons. The van der Waals surface area contributed by atoms with Crippen molar-refractivity contribution in [2.24, 2.45) is 0 Å². The van der Waals surface area contributed by atoms with Crippen molar-refractivity contribution in [3.63, 3.8) is 0 Å². The lowest BCUT2D eigenvalue weighted by Gasteiger charge is -2.20. The highest BCUT2D eigenvalue weighted by Gasteiger charge is 2.35. The van der Waals surface area contributed by atoms with Gasteiger partial charge in [-0.15, -0.1) is 0 Å². The van der Waals surface area contributed by atoms with Crippen molar-refractivity contribution in [2.75, 3.05) is 0 Å². The van der Waals surface area contributed by atoms with E-state index in [0.29, 0.717) is 33.0 Å². The number of ketones is 1. The summed E-state index contributed by atoms with van der Waals surface area (Å²) in [6, 6.07) is 7.24. The lowest BCUT2D eigenvalue weighted by molar-refractivity contribution is -0.117. The molecule has 0 radical (unpaired) electrons. The Morgan fingerprint density at radius 2 is 1.08 bits per heavy atom. The number of hydrogen-bond acceptors (Lipinski definition) is 7. The molecule has 0 aliphatic carbocycles. The van der Waals surface area contributed by atoms with Crippen LogP contribution in [0.3, 0.4) is 0 Å². The molecule has 4 rings (SSSR count). The second-order valence-corrected chi connectivity index (χ2v) is 10.0. The van der Waals surface area contributed by atoms with Crippen LogP contribution in [0.5, 0.6) is 11.5 Å². The van der Waals surface area contributed by atoms with E-state index in [2.05, 4.69) is 0 Å². The number of fused-ring (bicyclic) bond motifs is 2. The minimum Gasteiger partial charge on any atom is -0.507 e. The maximum absolute atomic E-state index is 13.2. The van der Waals surface area contributed by atoms with E-state index < -0.39 is 45.6 Å². The smallest absolute Gasteiger partial charge is 0.344 e. The number of rotatable bonds is 5. The van der Waals surface area contributed by atoms with Gasteiger partial charge in [0.15, 0.2) is 0 Å². The van der Waals surface area contributed by atoms with Gasteiger partial charge in [0, 0.05) is 0 Å². The average molecular weight is 491 g/mol. The summed E-state index contributed by atoms with van der Waals surface area (Å²) in [6.45, 7) is 12.4. The average Bonchev–Trinajstić information content (AvgIpc) is 2.78. The maximum atomic E-state index is 13.2. The molecule has 36 heavy (non-hydrogen) atoms. The predicted octanol–water partition coefficient (Wildman–Crippen LogP) is 5.90. The van der Waals surface area contributed by atoms with E-state index in [4.69, 9.17) is 8.83 Å². The van der Waals surface area contributed by atoms with Gasteiger partial charge in [0.1, 0.15) is 28.4 Å². The molecule has 2 aromatic carbocycles. The third-order valence-electron chi connectivity index (χ3n) is 6.81. The number of hydrogen-bond donors (Lipinski definition) is 2. The van der Waals surface area contributed by atoms with Crippen LogP contribution in [-0.2, 0) is 4.79 Å². The van der Waals surface area contributed by atoms with Crippen LogP contribution >= 0.6 is 0 Å². The molecule has 0 saturated heterocycles. The van der Waals surface area contributed by atoms with Crippen LogP contribution in [0.2, 0.25) is 0 Å². The molecular weight excluding hydrogens is 460 g/mol. The standard InChI is InChI=1S/C29H30O7/c1-12(2)17-10-8-14(5)26-20(17)24(31)22(28(33)35-26)19(16(7)30)23-25(32)21-18(13(3)4)11-9-15(6)27(21)36-29(23)34/h8-13,19,31-32H,1-7H3. The van der Waals surface area contributed by atoms with Crippen molar-refractivity contribution < 1.29 is 23.8 Å². The third kappa shape index (κ3) is 3.79. The first-order valence-corrected chi connectivity index (χ1v) is 12.0. The minimum atomic E-state index is -1.59. The normalized spacial score (nSPS) is 11.9. The fraction of sp³-hybridized carbons (Fsp3) is 0.345. The summed E-state index contributed by atoms with van der Waals surface area (Å²) in [6.07, 6.45) is 0. The van der Waals surface area contributed by atoms with Crippen LogP contribution in [0.1, 0.15) is 85.8 Å². The molecule has 2 aromatic heterocycles. The molecule has 7 nitrogen and oxygen atoms in total. The molecule has 0 amide bonds. The molecule has 7 heteroatoms. The zero-order valence-electron chi connectivity index (χ0n) is 21.5. The van der Waals surface area contributed by atoms with Gasteiger partial charge in [0.25, 0.3) is 0 Å². The van der Waals surface area contributed by atoms with Gasteiger partial charge in [-0.05, 0) is 54.9 Å². The number of carbonyl (C=O) groups excluding carboxylic acids is 1. The Bertz CT molecular complexity index is 1530. The number of aryl methyl sites for hydroxylation is 2. The predicted molar refractivity (Wildman–Crippen MR) is 138 cm³/mol. The summed E-state index contributed by atoms with van der Waals surface area (Å²) >= 11 is 0. The van der Waals surface area contributed by atoms with E-state index in [0.717, 1.165) is 0 Å². The van der Waals surface area contributed by atoms with Gasteiger partial charge in [0.2, 0.25) is 0 Å². The van der Waals surface area contributed by atoms with Crippen molar-refractivity contribution >= 4 is 27.7 Å². The Morgan fingerprint density at radius 1 is 0.722 bits per heavy atom. The van der Waals surface area contributed by atoms with Gasteiger partial charge < -0.3 is 19.0 Å². The molecule has 0 unspecified atom stereocenters. The minimum absolute atomic E-state index is 0.0361. The van der Waals surface area contributed by atoms with Crippen molar-refractivity contribution in [3.05, 3.63) is 78.5 Å². The second-order valence-electron chi connectivity index (χ2n) is 10.0. The van der Waals surface area contributed by atoms with Crippen molar-refractivity contribution in [3.8, 4) is 11.5 Å². The van der Waals surface area contributed by atoms with Crippen LogP contribution in [-0.4, -0.2) is 16.0 Å². The topological polar surface area (TPSA) is 118 Å². The van der Waals surface area contributed by atoms with Gasteiger partial charge in [-0.25, -0.2) is 9.59 Å². The monoisotopic (exact) mass is 490 g/mol. The van der Waals surface area contributed by atoms with Crippen molar-refractivity contribution in [2.45, 2.75) is 66.2 Å². The molecule has 0 spiro atoms. The Hall–Kier alpha value is -3.87. The maximum Gasteiger partial charge on any atom is 0.344 e. The second kappa shape index (κ2) is 8.97. The molecule has 0 aliphatic rings. The first-order chi connectivity index (χ1) is 16.9. The van der Waals surface area contributed by atoms with Gasteiger partial charge in [-0.1, -0.05) is 52.0 Å². The molecule has 2 N–H and O–H groups in total. The zero-order chi connectivity index (χ0) is 26.6. The number of Topliss-reactive ketones (excluding diaryl/α,β-unsaturated/α-hetero) is 1. The molecule has 2 heterocycles. The van der Waals surface area contributed by atoms with E-state index in [1.165, 1.54) is 6.92 Å². The molecule has 0 fully saturated rings. The zero-order valence-corrected chi connectivity index (χ0v) is 21.5. The largest absolute Gasteiger partial charge is 0.507 e. The van der Waals surface area contributed by atoms with Crippen LogP contribution in [0, 0.1) is 13.8 Å².